The molecule has 0 radical (unpaired) electrons. The van der Waals surface area contributed by atoms with Gasteiger partial charge in [0.05, 0.1) is 12.6 Å². The van der Waals surface area contributed by atoms with E-state index in [1.54, 1.807) is 0 Å². The minimum Gasteiger partial charge on any atom is -0.481 e. The third-order valence-electron chi connectivity index (χ3n) is 5.31. The third kappa shape index (κ3) is 13.5. The predicted molar refractivity (Wildman–Crippen MR) is 135 cm³/mol. The van der Waals surface area contributed by atoms with Crippen LogP contribution in [0.5, 0.6) is 0 Å². The van der Waals surface area contributed by atoms with Crippen LogP contribution in [0.4, 0.5) is 0 Å². The van der Waals surface area contributed by atoms with Gasteiger partial charge in [0.25, 0.3) is 0 Å². The monoisotopic (exact) mass is 575 g/mol. The highest BCUT2D eigenvalue weighted by Gasteiger charge is 2.30. The summed E-state index contributed by atoms with van der Waals surface area (Å²) in [7, 11) is 0. The van der Waals surface area contributed by atoms with Crippen LogP contribution in [-0.2, 0) is 38.4 Å². The molecule has 226 valence electrons. The molecule has 6 amide bonds. The van der Waals surface area contributed by atoms with Crippen molar-refractivity contribution in [2.45, 2.75) is 82.7 Å². The lowest BCUT2D eigenvalue weighted by atomic mass is 10.1. The van der Waals surface area contributed by atoms with E-state index in [4.69, 9.17) is 16.6 Å². The van der Waals surface area contributed by atoms with Gasteiger partial charge < -0.3 is 53.4 Å². The molecule has 0 aromatic rings. The highest BCUT2D eigenvalue weighted by molar-refractivity contribution is 5.96. The number of carboxylic acids is 2. The number of nitrogens with two attached hydrogens (primary N) is 2. The fourth-order valence-corrected chi connectivity index (χ4v) is 2.93. The molecule has 6 atom stereocenters. The van der Waals surface area contributed by atoms with Crippen LogP contribution in [0.3, 0.4) is 0 Å². The van der Waals surface area contributed by atoms with Gasteiger partial charge in [-0.05, 0) is 33.6 Å². The van der Waals surface area contributed by atoms with Crippen molar-refractivity contribution in [2.24, 2.45) is 11.5 Å². The van der Waals surface area contributed by atoms with Crippen LogP contribution in [0.1, 0.15) is 46.5 Å². The van der Waals surface area contributed by atoms with Gasteiger partial charge in [-0.15, -0.1) is 0 Å². The number of nitrogens with one attached hydrogen (secondary N) is 5. The Kier molecular flexibility index (Phi) is 15.4. The summed E-state index contributed by atoms with van der Waals surface area (Å²) in [5.41, 5.74) is 10.4. The molecule has 6 unspecified atom stereocenters. The van der Waals surface area contributed by atoms with Gasteiger partial charge in [-0.2, -0.15) is 0 Å². The summed E-state index contributed by atoms with van der Waals surface area (Å²) >= 11 is 0. The summed E-state index contributed by atoms with van der Waals surface area (Å²) in [6.07, 6.45) is -1.43. The number of aliphatic hydroxyl groups excluding tert-OH is 1. The number of carbonyl (C=O) groups is 8. The lowest BCUT2D eigenvalue weighted by Crippen LogP contribution is -2.58. The zero-order valence-electron chi connectivity index (χ0n) is 22.3. The van der Waals surface area contributed by atoms with E-state index >= 15 is 0 Å². The molecule has 0 heterocycles. The van der Waals surface area contributed by atoms with Gasteiger partial charge in [-0.1, -0.05) is 0 Å². The lowest BCUT2D eigenvalue weighted by Gasteiger charge is -2.24. The second kappa shape index (κ2) is 17.3. The number of hydrogen-bond acceptors (Lipinski definition) is 10. The fraction of sp³-hybridized carbons (Fsp3) is 0.636. The van der Waals surface area contributed by atoms with Gasteiger partial charge in [-0.3, -0.25) is 33.6 Å². The van der Waals surface area contributed by atoms with E-state index in [9.17, 15) is 48.6 Å². The maximum Gasteiger partial charge on any atom is 0.326 e. The van der Waals surface area contributed by atoms with E-state index in [0.29, 0.717) is 0 Å². The molecule has 18 nitrogen and oxygen atoms in total. The van der Waals surface area contributed by atoms with Crippen LogP contribution >= 0.6 is 0 Å². The van der Waals surface area contributed by atoms with E-state index in [-0.39, 0.29) is 19.3 Å². The number of carboxylic acid groups (broad SMARTS) is 2. The molecule has 0 saturated carbocycles. The Morgan fingerprint density at radius 3 is 1.50 bits per heavy atom. The van der Waals surface area contributed by atoms with Crippen LogP contribution in [0.2, 0.25) is 0 Å². The molecule has 0 saturated heterocycles. The average molecular weight is 576 g/mol. The SMILES string of the molecule is CC(N)C(=O)NC(CCC(=O)O)C(=O)NC(C)C(=O)NC(C)C(=O)NC(CO)C(=O)NC(CCC(N)=O)C(=O)O. The largest absolute Gasteiger partial charge is 0.481 e. The number of primary amides is 1. The van der Waals surface area contributed by atoms with Gasteiger partial charge in [-0.25, -0.2) is 4.79 Å². The van der Waals surface area contributed by atoms with E-state index in [0.717, 1.165) is 0 Å². The van der Waals surface area contributed by atoms with Crippen molar-refractivity contribution in [3.05, 3.63) is 0 Å². The van der Waals surface area contributed by atoms with Gasteiger partial charge in [0.1, 0.15) is 30.2 Å². The third-order valence-corrected chi connectivity index (χ3v) is 5.31. The molecule has 0 rings (SSSR count). The second-order valence-electron chi connectivity index (χ2n) is 8.89. The molecule has 0 spiro atoms. The number of carbonyl (C=O) groups excluding carboxylic acids is 6. The molecular weight excluding hydrogens is 538 g/mol. The van der Waals surface area contributed by atoms with E-state index in [2.05, 4.69) is 26.6 Å². The molecule has 18 heteroatoms. The van der Waals surface area contributed by atoms with Crippen molar-refractivity contribution in [1.29, 1.82) is 0 Å². The first-order valence-electron chi connectivity index (χ1n) is 12.1. The Hall–Kier alpha value is -4.32. The summed E-state index contributed by atoms with van der Waals surface area (Å²) in [4.78, 5) is 94.8. The van der Waals surface area contributed by atoms with E-state index in [1.807, 2.05) is 0 Å². The molecule has 0 aliphatic rings. The second-order valence-corrected chi connectivity index (χ2v) is 8.89. The highest BCUT2D eigenvalue weighted by atomic mass is 16.4. The van der Waals surface area contributed by atoms with Crippen LogP contribution in [0, 0.1) is 0 Å². The molecule has 0 aromatic carbocycles. The highest BCUT2D eigenvalue weighted by Crippen LogP contribution is 2.01. The van der Waals surface area contributed by atoms with Crippen molar-refractivity contribution in [3.63, 3.8) is 0 Å². The van der Waals surface area contributed by atoms with Crippen molar-refractivity contribution in [3.8, 4) is 0 Å². The summed E-state index contributed by atoms with van der Waals surface area (Å²) in [5.74, 6) is -7.99. The first-order chi connectivity index (χ1) is 18.5. The quantitative estimate of drug-likeness (QED) is 0.0734. The lowest BCUT2D eigenvalue weighted by molar-refractivity contribution is -0.143. The summed E-state index contributed by atoms with van der Waals surface area (Å²) in [6, 6.07) is -8.00. The zero-order valence-corrected chi connectivity index (χ0v) is 22.3. The average Bonchev–Trinajstić information content (AvgIpc) is 2.85. The zero-order chi connectivity index (χ0) is 31.2. The van der Waals surface area contributed by atoms with Gasteiger partial charge in [0.15, 0.2) is 0 Å². The normalized spacial score (nSPS) is 15.1. The fourth-order valence-electron chi connectivity index (χ4n) is 2.93. The summed E-state index contributed by atoms with van der Waals surface area (Å²) in [6.45, 7) is 2.89. The topological polar surface area (TPSA) is 309 Å². The predicted octanol–water partition coefficient (Wildman–Crippen LogP) is -5.00. The molecule has 0 aliphatic heterocycles. The Morgan fingerprint density at radius 2 is 1.05 bits per heavy atom. The van der Waals surface area contributed by atoms with Crippen molar-refractivity contribution >= 4 is 47.4 Å². The van der Waals surface area contributed by atoms with Gasteiger partial charge >= 0.3 is 11.9 Å². The Morgan fingerprint density at radius 1 is 0.625 bits per heavy atom. The number of rotatable bonds is 18. The number of amides is 6. The van der Waals surface area contributed by atoms with Gasteiger partial charge in [0, 0.05) is 12.8 Å². The van der Waals surface area contributed by atoms with Crippen LogP contribution in [0.15, 0.2) is 0 Å². The first kappa shape index (κ1) is 35.7. The minimum absolute atomic E-state index is 0.289. The van der Waals surface area contributed by atoms with Crippen LogP contribution < -0.4 is 38.1 Å². The van der Waals surface area contributed by atoms with Crippen LogP contribution in [0.25, 0.3) is 0 Å². The standard InChI is InChI=1S/C22H37N7O11/c1-9(23)17(34)27-12(5-7-16(32)33)20(37)26-10(2)18(35)25-11(3)19(36)29-14(8-30)21(38)28-13(22(39)40)4-6-15(24)31/h9-14,30H,4-8,23H2,1-3H3,(H2,24,31)(H,25,35)(H,26,37)(H,27,34)(H,28,38)(H,29,36)(H,32,33)(H,39,40). The van der Waals surface area contributed by atoms with Crippen molar-refractivity contribution in [2.75, 3.05) is 6.61 Å². The maximum absolute atomic E-state index is 12.6. The van der Waals surface area contributed by atoms with Crippen molar-refractivity contribution < 1.29 is 53.7 Å². The minimum atomic E-state index is -1.61. The molecular formula is C22H37N7O11. The van der Waals surface area contributed by atoms with Crippen molar-refractivity contribution in [1.82, 2.24) is 26.6 Å². The molecule has 0 aromatic heterocycles. The molecule has 0 bridgehead atoms. The summed E-state index contributed by atoms with van der Waals surface area (Å²) < 4.78 is 0. The van der Waals surface area contributed by atoms with Crippen LogP contribution in [-0.4, -0.2) is 106 Å². The smallest absolute Gasteiger partial charge is 0.326 e. The first-order valence-corrected chi connectivity index (χ1v) is 12.1. The Labute approximate surface area is 229 Å². The Bertz CT molecular complexity index is 973. The van der Waals surface area contributed by atoms with Gasteiger partial charge in [0.2, 0.25) is 35.4 Å². The number of hydrogen-bond donors (Lipinski definition) is 10. The van der Waals surface area contributed by atoms with E-state index < -0.39 is 96.7 Å². The maximum atomic E-state index is 12.6. The molecule has 0 aliphatic carbocycles. The molecule has 40 heavy (non-hydrogen) atoms. The van der Waals surface area contributed by atoms with E-state index in [1.165, 1.54) is 20.8 Å². The summed E-state index contributed by atoms with van der Waals surface area (Å²) in [5, 5.41) is 38.6. The number of aliphatic carboxylic acids is 2. The number of aliphatic hydroxyl groups is 1. The molecule has 12 N–H and O–H groups in total. The Balaban J connectivity index is 5.13. The molecule has 0 fully saturated rings.